The van der Waals surface area contributed by atoms with Gasteiger partial charge in [-0.3, -0.25) is 4.68 Å². The molecule has 0 spiro atoms. The van der Waals surface area contributed by atoms with Crippen LogP contribution in [0.25, 0.3) is 0 Å². The van der Waals surface area contributed by atoms with Crippen molar-refractivity contribution < 1.29 is 0 Å². The Morgan fingerprint density at radius 2 is 2.21 bits per heavy atom. The van der Waals surface area contributed by atoms with E-state index in [4.69, 9.17) is 23.2 Å². The molecule has 1 aromatic heterocycles. The number of nitrogens with one attached hydrogen (secondary N) is 1. The van der Waals surface area contributed by atoms with Gasteiger partial charge in [-0.2, -0.15) is 0 Å². The highest BCUT2D eigenvalue weighted by Gasteiger charge is 2.12. The Kier molecular flexibility index (Phi) is 5.19. The summed E-state index contributed by atoms with van der Waals surface area (Å²) in [6, 6.07) is 5.83. The molecule has 0 saturated carbocycles. The maximum Gasteiger partial charge on any atom is 0.0692 e. The molecule has 2 aromatic rings. The SMILES string of the molecule is CCC(NCCn1ccnn1)c1ccc(Cl)cc1Cl. The first-order chi connectivity index (χ1) is 9.20. The van der Waals surface area contributed by atoms with E-state index in [9.17, 15) is 0 Å². The van der Waals surface area contributed by atoms with Gasteiger partial charge >= 0.3 is 0 Å². The zero-order valence-electron chi connectivity index (χ0n) is 10.7. The van der Waals surface area contributed by atoms with Crippen molar-refractivity contribution in [2.24, 2.45) is 0 Å². The third-order valence-corrected chi connectivity index (χ3v) is 3.51. The molecule has 0 aliphatic rings. The minimum atomic E-state index is 0.216. The molecule has 0 fully saturated rings. The lowest BCUT2D eigenvalue weighted by Crippen LogP contribution is -2.25. The zero-order valence-corrected chi connectivity index (χ0v) is 12.2. The first kappa shape index (κ1) is 14.3. The summed E-state index contributed by atoms with van der Waals surface area (Å²) in [4.78, 5) is 0. The van der Waals surface area contributed by atoms with Crippen LogP contribution in [-0.2, 0) is 6.54 Å². The van der Waals surface area contributed by atoms with E-state index in [1.165, 1.54) is 0 Å². The second-order valence-electron chi connectivity index (χ2n) is 4.25. The molecule has 6 heteroatoms. The Balaban J connectivity index is 1.95. The largest absolute Gasteiger partial charge is 0.308 e. The predicted molar refractivity (Wildman–Crippen MR) is 77.5 cm³/mol. The summed E-state index contributed by atoms with van der Waals surface area (Å²) < 4.78 is 1.79. The van der Waals surface area contributed by atoms with E-state index >= 15 is 0 Å². The van der Waals surface area contributed by atoms with Crippen molar-refractivity contribution >= 4 is 23.2 Å². The van der Waals surface area contributed by atoms with Crippen LogP contribution in [0.2, 0.25) is 10.0 Å². The van der Waals surface area contributed by atoms with E-state index in [1.807, 2.05) is 18.3 Å². The van der Waals surface area contributed by atoms with E-state index < -0.39 is 0 Å². The third-order valence-electron chi connectivity index (χ3n) is 2.95. The molecule has 0 amide bonds. The summed E-state index contributed by atoms with van der Waals surface area (Å²) in [5.74, 6) is 0. The van der Waals surface area contributed by atoms with Crippen molar-refractivity contribution in [3.63, 3.8) is 0 Å². The van der Waals surface area contributed by atoms with Crippen LogP contribution >= 0.6 is 23.2 Å². The number of hydrogen-bond donors (Lipinski definition) is 1. The molecule has 0 bridgehead atoms. The van der Waals surface area contributed by atoms with Crippen molar-refractivity contribution in [1.29, 1.82) is 0 Å². The van der Waals surface area contributed by atoms with Crippen LogP contribution in [0.15, 0.2) is 30.6 Å². The summed E-state index contributed by atoms with van der Waals surface area (Å²) in [5.41, 5.74) is 1.08. The molecule has 1 heterocycles. The fraction of sp³-hybridized carbons (Fsp3) is 0.385. The van der Waals surface area contributed by atoms with Crippen molar-refractivity contribution in [2.75, 3.05) is 6.54 Å². The molecule has 2 rings (SSSR count). The predicted octanol–water partition coefficient (Wildman–Crippen LogP) is 3.33. The molecule has 0 aliphatic heterocycles. The van der Waals surface area contributed by atoms with E-state index in [2.05, 4.69) is 22.6 Å². The van der Waals surface area contributed by atoms with Crippen LogP contribution in [0, 0.1) is 0 Å². The van der Waals surface area contributed by atoms with Gasteiger partial charge < -0.3 is 5.32 Å². The molecule has 1 aromatic carbocycles. The molecule has 19 heavy (non-hydrogen) atoms. The highest BCUT2D eigenvalue weighted by molar-refractivity contribution is 6.35. The van der Waals surface area contributed by atoms with Gasteiger partial charge in [-0.1, -0.05) is 41.4 Å². The van der Waals surface area contributed by atoms with Crippen LogP contribution in [0.4, 0.5) is 0 Å². The molecule has 1 unspecified atom stereocenters. The highest BCUT2D eigenvalue weighted by Crippen LogP contribution is 2.27. The Morgan fingerprint density at radius 1 is 1.37 bits per heavy atom. The lowest BCUT2D eigenvalue weighted by atomic mass is 10.0. The maximum absolute atomic E-state index is 6.23. The summed E-state index contributed by atoms with van der Waals surface area (Å²) >= 11 is 12.1. The Labute approximate surface area is 122 Å². The fourth-order valence-electron chi connectivity index (χ4n) is 1.96. The van der Waals surface area contributed by atoms with Gasteiger partial charge in [0.05, 0.1) is 12.7 Å². The van der Waals surface area contributed by atoms with Gasteiger partial charge in [0, 0.05) is 28.8 Å². The van der Waals surface area contributed by atoms with E-state index in [0.717, 1.165) is 25.1 Å². The third kappa shape index (κ3) is 3.93. The van der Waals surface area contributed by atoms with Crippen molar-refractivity contribution in [3.8, 4) is 0 Å². The smallest absolute Gasteiger partial charge is 0.0692 e. The number of benzene rings is 1. The molecule has 1 atom stereocenters. The number of aromatic nitrogens is 3. The minimum Gasteiger partial charge on any atom is -0.308 e. The van der Waals surface area contributed by atoms with Crippen LogP contribution in [0.3, 0.4) is 0 Å². The van der Waals surface area contributed by atoms with Gasteiger partial charge in [-0.05, 0) is 24.1 Å². The average molecular weight is 299 g/mol. The number of rotatable bonds is 6. The average Bonchev–Trinajstić information content (AvgIpc) is 2.89. The quantitative estimate of drug-likeness (QED) is 0.889. The minimum absolute atomic E-state index is 0.216. The van der Waals surface area contributed by atoms with Gasteiger partial charge in [0.15, 0.2) is 0 Å². The molecule has 0 saturated heterocycles. The number of hydrogen-bond acceptors (Lipinski definition) is 3. The molecule has 4 nitrogen and oxygen atoms in total. The van der Waals surface area contributed by atoms with Gasteiger partial charge in [0.2, 0.25) is 0 Å². The topological polar surface area (TPSA) is 42.7 Å². The standard InChI is InChI=1S/C13H16Cl2N4/c1-2-13(11-4-3-10(14)9-12(11)15)16-5-7-19-8-6-17-18-19/h3-4,6,8-9,13,16H,2,5,7H2,1H3. The molecule has 0 aliphatic carbocycles. The van der Waals surface area contributed by atoms with Crippen LogP contribution in [0.5, 0.6) is 0 Å². The van der Waals surface area contributed by atoms with Crippen LogP contribution in [0.1, 0.15) is 24.9 Å². The van der Waals surface area contributed by atoms with Gasteiger partial charge in [0.1, 0.15) is 0 Å². The zero-order chi connectivity index (χ0) is 13.7. The normalized spacial score (nSPS) is 12.6. The number of nitrogens with zero attached hydrogens (tertiary/aromatic N) is 3. The molecule has 0 radical (unpaired) electrons. The van der Waals surface area contributed by atoms with Crippen LogP contribution < -0.4 is 5.32 Å². The first-order valence-corrected chi connectivity index (χ1v) is 6.98. The molecular weight excluding hydrogens is 283 g/mol. The van der Waals surface area contributed by atoms with Crippen molar-refractivity contribution in [2.45, 2.75) is 25.9 Å². The summed E-state index contributed by atoms with van der Waals surface area (Å²) in [6.07, 6.45) is 4.48. The van der Waals surface area contributed by atoms with E-state index in [-0.39, 0.29) is 6.04 Å². The van der Waals surface area contributed by atoms with E-state index in [0.29, 0.717) is 10.0 Å². The second-order valence-corrected chi connectivity index (χ2v) is 5.09. The monoisotopic (exact) mass is 298 g/mol. The van der Waals surface area contributed by atoms with Gasteiger partial charge in [-0.15, -0.1) is 5.10 Å². The lowest BCUT2D eigenvalue weighted by Gasteiger charge is -2.18. The first-order valence-electron chi connectivity index (χ1n) is 6.23. The molecule has 1 N–H and O–H groups in total. The van der Waals surface area contributed by atoms with Crippen molar-refractivity contribution in [1.82, 2.24) is 20.3 Å². The Morgan fingerprint density at radius 3 is 2.84 bits per heavy atom. The highest BCUT2D eigenvalue weighted by atomic mass is 35.5. The van der Waals surface area contributed by atoms with Crippen molar-refractivity contribution in [3.05, 3.63) is 46.2 Å². The molecule has 102 valence electrons. The second kappa shape index (κ2) is 6.89. The van der Waals surface area contributed by atoms with E-state index in [1.54, 1.807) is 16.9 Å². The van der Waals surface area contributed by atoms with Gasteiger partial charge in [0.25, 0.3) is 0 Å². The fourth-order valence-corrected chi connectivity index (χ4v) is 2.50. The van der Waals surface area contributed by atoms with Crippen LogP contribution in [-0.4, -0.2) is 21.5 Å². The molecular formula is C13H16Cl2N4. The number of halogens is 2. The summed E-state index contributed by atoms with van der Waals surface area (Å²) in [7, 11) is 0. The lowest BCUT2D eigenvalue weighted by molar-refractivity contribution is 0.471. The van der Waals surface area contributed by atoms with Gasteiger partial charge in [-0.25, -0.2) is 0 Å². The Bertz CT molecular complexity index is 513. The Hall–Kier alpha value is -1.10. The maximum atomic E-state index is 6.23. The summed E-state index contributed by atoms with van der Waals surface area (Å²) in [6.45, 7) is 3.71. The summed E-state index contributed by atoms with van der Waals surface area (Å²) in [5, 5.41) is 12.5.